The van der Waals surface area contributed by atoms with E-state index in [0.29, 0.717) is 12.5 Å². The summed E-state index contributed by atoms with van der Waals surface area (Å²) in [6.45, 7) is 4.06. The van der Waals surface area contributed by atoms with E-state index in [2.05, 4.69) is 17.1 Å². The lowest BCUT2D eigenvalue weighted by Gasteiger charge is -2.48. The van der Waals surface area contributed by atoms with Gasteiger partial charge in [0.25, 0.3) is 0 Å². The van der Waals surface area contributed by atoms with Crippen molar-refractivity contribution in [3.8, 4) is 0 Å². The number of nitrogens with zero attached hydrogens (tertiary/aromatic N) is 1. The topological polar surface area (TPSA) is 24.5 Å². The molecular formula is C14H25F3N2O. The second kappa shape index (κ2) is 6.62. The molecule has 1 unspecified atom stereocenters. The van der Waals surface area contributed by atoms with Crippen LogP contribution in [-0.2, 0) is 4.74 Å². The number of alkyl halides is 3. The molecule has 1 aliphatic carbocycles. The molecule has 1 spiro atoms. The van der Waals surface area contributed by atoms with E-state index < -0.39 is 12.8 Å². The van der Waals surface area contributed by atoms with E-state index in [-0.39, 0.29) is 12.1 Å². The molecule has 1 saturated carbocycles. The van der Waals surface area contributed by atoms with Crippen molar-refractivity contribution in [2.75, 3.05) is 32.8 Å². The molecule has 6 heteroatoms. The van der Waals surface area contributed by atoms with Crippen LogP contribution in [0.25, 0.3) is 0 Å². The van der Waals surface area contributed by atoms with Crippen molar-refractivity contribution in [3.05, 3.63) is 0 Å². The van der Waals surface area contributed by atoms with E-state index in [0.717, 1.165) is 19.6 Å². The van der Waals surface area contributed by atoms with Crippen LogP contribution < -0.4 is 5.32 Å². The summed E-state index contributed by atoms with van der Waals surface area (Å²) in [5.41, 5.74) is 0.247. The first-order chi connectivity index (χ1) is 9.41. The fraction of sp³-hybridized carbons (Fsp3) is 1.00. The van der Waals surface area contributed by atoms with Crippen molar-refractivity contribution in [2.45, 2.75) is 56.8 Å². The first-order valence-corrected chi connectivity index (χ1v) is 7.54. The Bertz CT molecular complexity index is 303. The second-order valence-corrected chi connectivity index (χ2v) is 6.18. The minimum absolute atomic E-state index is 0.188. The van der Waals surface area contributed by atoms with Crippen LogP contribution in [0.3, 0.4) is 0 Å². The van der Waals surface area contributed by atoms with Crippen molar-refractivity contribution in [1.29, 1.82) is 0 Å². The van der Waals surface area contributed by atoms with Gasteiger partial charge >= 0.3 is 6.18 Å². The molecule has 0 radical (unpaired) electrons. The summed E-state index contributed by atoms with van der Waals surface area (Å²) >= 11 is 0. The van der Waals surface area contributed by atoms with Gasteiger partial charge in [0.2, 0.25) is 0 Å². The molecule has 20 heavy (non-hydrogen) atoms. The molecule has 0 amide bonds. The molecule has 1 heterocycles. The highest BCUT2D eigenvalue weighted by atomic mass is 19.4. The Balaban J connectivity index is 1.74. The molecular weight excluding hydrogens is 269 g/mol. The van der Waals surface area contributed by atoms with Crippen LogP contribution in [0.15, 0.2) is 0 Å². The van der Waals surface area contributed by atoms with Gasteiger partial charge in [-0.15, -0.1) is 0 Å². The molecule has 0 aromatic carbocycles. The Labute approximate surface area is 118 Å². The van der Waals surface area contributed by atoms with Crippen LogP contribution >= 0.6 is 0 Å². The van der Waals surface area contributed by atoms with Crippen molar-refractivity contribution in [2.24, 2.45) is 0 Å². The summed E-state index contributed by atoms with van der Waals surface area (Å²) in [4.78, 5) is 2.48. The van der Waals surface area contributed by atoms with Crippen molar-refractivity contribution in [3.63, 3.8) is 0 Å². The van der Waals surface area contributed by atoms with Gasteiger partial charge in [0.15, 0.2) is 0 Å². The van der Waals surface area contributed by atoms with Gasteiger partial charge in [-0.25, -0.2) is 0 Å². The third-order valence-electron chi connectivity index (χ3n) is 4.46. The number of rotatable bonds is 5. The van der Waals surface area contributed by atoms with Gasteiger partial charge in [-0.05, 0) is 26.2 Å². The monoisotopic (exact) mass is 294 g/mol. The van der Waals surface area contributed by atoms with Crippen LogP contribution in [0.1, 0.15) is 39.0 Å². The number of halogens is 3. The Kier molecular flexibility index (Phi) is 5.31. The number of ether oxygens (including phenoxy) is 1. The zero-order valence-electron chi connectivity index (χ0n) is 12.1. The van der Waals surface area contributed by atoms with E-state index in [9.17, 15) is 13.2 Å². The summed E-state index contributed by atoms with van der Waals surface area (Å²) < 4.78 is 40.7. The fourth-order valence-corrected chi connectivity index (χ4v) is 3.46. The first-order valence-electron chi connectivity index (χ1n) is 7.54. The smallest absolute Gasteiger partial charge is 0.372 e. The molecule has 0 aromatic rings. The number of piperazine rings is 1. The highest BCUT2D eigenvalue weighted by Gasteiger charge is 2.42. The highest BCUT2D eigenvalue weighted by Crippen LogP contribution is 2.36. The molecule has 2 fully saturated rings. The molecule has 1 aliphatic heterocycles. The zero-order chi connectivity index (χ0) is 14.6. The predicted molar refractivity (Wildman–Crippen MR) is 71.7 cm³/mol. The molecule has 1 saturated heterocycles. The van der Waals surface area contributed by atoms with Crippen LogP contribution in [0.2, 0.25) is 0 Å². The first kappa shape index (κ1) is 16.0. The van der Waals surface area contributed by atoms with Gasteiger partial charge in [-0.2, -0.15) is 13.2 Å². The van der Waals surface area contributed by atoms with E-state index in [1.54, 1.807) is 0 Å². The quantitative estimate of drug-likeness (QED) is 0.789. The summed E-state index contributed by atoms with van der Waals surface area (Å²) in [5.74, 6) is 0. The van der Waals surface area contributed by atoms with Gasteiger partial charge < -0.3 is 10.1 Å². The number of hydrogen-bond donors (Lipinski definition) is 1. The molecule has 2 rings (SSSR count). The Morgan fingerprint density at radius 3 is 2.65 bits per heavy atom. The minimum atomic E-state index is -4.21. The SMILES string of the molecule is CC1CN(CCCOCC(F)(F)F)C2(CCCC2)CN1. The van der Waals surface area contributed by atoms with E-state index in [1.807, 2.05) is 0 Å². The van der Waals surface area contributed by atoms with E-state index >= 15 is 0 Å². The van der Waals surface area contributed by atoms with Crippen LogP contribution in [0.4, 0.5) is 13.2 Å². The van der Waals surface area contributed by atoms with Gasteiger partial charge in [-0.3, -0.25) is 4.90 Å². The predicted octanol–water partition coefficient (Wildman–Crippen LogP) is 2.56. The van der Waals surface area contributed by atoms with Crippen molar-refractivity contribution in [1.82, 2.24) is 10.2 Å². The van der Waals surface area contributed by atoms with Crippen molar-refractivity contribution < 1.29 is 17.9 Å². The van der Waals surface area contributed by atoms with Gasteiger partial charge in [-0.1, -0.05) is 12.8 Å². The van der Waals surface area contributed by atoms with E-state index in [1.165, 1.54) is 25.7 Å². The average molecular weight is 294 g/mol. The average Bonchev–Trinajstić information content (AvgIpc) is 2.82. The van der Waals surface area contributed by atoms with Crippen LogP contribution in [0, 0.1) is 0 Å². The lowest BCUT2D eigenvalue weighted by atomic mass is 9.91. The molecule has 3 nitrogen and oxygen atoms in total. The molecule has 1 atom stereocenters. The maximum Gasteiger partial charge on any atom is 0.411 e. The minimum Gasteiger partial charge on any atom is -0.372 e. The number of hydrogen-bond acceptors (Lipinski definition) is 3. The summed E-state index contributed by atoms with van der Waals surface area (Å²) in [6, 6.07) is 0.456. The Morgan fingerprint density at radius 1 is 1.30 bits per heavy atom. The van der Waals surface area contributed by atoms with Crippen LogP contribution in [0.5, 0.6) is 0 Å². The van der Waals surface area contributed by atoms with Gasteiger partial charge in [0, 0.05) is 37.8 Å². The molecule has 118 valence electrons. The standard InChI is InChI=1S/C14H25F3N2O/c1-12-9-19(7-4-8-20-11-14(15,16)17)13(10-18-12)5-2-3-6-13/h12,18H,2-11H2,1H3. The summed E-state index contributed by atoms with van der Waals surface area (Å²) in [5, 5.41) is 3.54. The summed E-state index contributed by atoms with van der Waals surface area (Å²) in [6.07, 6.45) is 1.39. The molecule has 0 aromatic heterocycles. The third kappa shape index (κ3) is 4.33. The fourth-order valence-electron chi connectivity index (χ4n) is 3.46. The highest BCUT2D eigenvalue weighted by molar-refractivity contribution is 5.01. The normalized spacial score (nSPS) is 27.3. The molecule has 0 bridgehead atoms. The molecule has 1 N–H and O–H groups in total. The lowest BCUT2D eigenvalue weighted by molar-refractivity contribution is -0.174. The van der Waals surface area contributed by atoms with Crippen molar-refractivity contribution >= 4 is 0 Å². The largest absolute Gasteiger partial charge is 0.411 e. The second-order valence-electron chi connectivity index (χ2n) is 6.18. The summed E-state index contributed by atoms with van der Waals surface area (Å²) in [7, 11) is 0. The maximum atomic E-state index is 12.0. The third-order valence-corrected chi connectivity index (χ3v) is 4.46. The Hall–Kier alpha value is -0.330. The number of nitrogens with one attached hydrogen (secondary N) is 1. The van der Waals surface area contributed by atoms with Gasteiger partial charge in [0.1, 0.15) is 6.61 Å². The van der Waals surface area contributed by atoms with Gasteiger partial charge in [0.05, 0.1) is 0 Å². The zero-order valence-corrected chi connectivity index (χ0v) is 12.1. The maximum absolute atomic E-state index is 12.0. The lowest BCUT2D eigenvalue weighted by Crippen LogP contribution is -2.63. The Morgan fingerprint density at radius 2 is 2.00 bits per heavy atom. The molecule has 2 aliphatic rings. The van der Waals surface area contributed by atoms with E-state index in [4.69, 9.17) is 4.74 Å². The van der Waals surface area contributed by atoms with Crippen LogP contribution in [-0.4, -0.2) is 55.5 Å².